The number of hydrogen-bond donors (Lipinski definition) is 2. The van der Waals surface area contributed by atoms with Crippen molar-refractivity contribution in [1.29, 1.82) is 0 Å². The van der Waals surface area contributed by atoms with Crippen molar-refractivity contribution >= 4 is 45.3 Å². The molecule has 0 bridgehead atoms. The van der Waals surface area contributed by atoms with Gasteiger partial charge in [0.2, 0.25) is 0 Å². The van der Waals surface area contributed by atoms with Crippen molar-refractivity contribution < 1.29 is 14.7 Å². The first-order valence-corrected chi connectivity index (χ1v) is 8.38. The second kappa shape index (κ2) is 6.27. The Hall–Kier alpha value is -1.21. The molecular formula is C14H17BrN2O3S. The maximum atomic E-state index is 12.8. The number of carbonyl (C=O) groups is 2. The van der Waals surface area contributed by atoms with Crippen LogP contribution in [0.1, 0.15) is 24.2 Å². The Morgan fingerprint density at radius 1 is 1.43 bits per heavy atom. The Labute approximate surface area is 136 Å². The van der Waals surface area contributed by atoms with Crippen LogP contribution < -0.4 is 5.73 Å². The number of carbonyl (C=O) groups excluding carboxylic acids is 1. The third kappa shape index (κ3) is 3.35. The first-order chi connectivity index (χ1) is 9.81. The van der Waals surface area contributed by atoms with E-state index in [4.69, 9.17) is 5.73 Å². The minimum absolute atomic E-state index is 0.140. The van der Waals surface area contributed by atoms with Gasteiger partial charge in [-0.1, -0.05) is 29.8 Å². The molecule has 2 atom stereocenters. The van der Waals surface area contributed by atoms with Gasteiger partial charge in [-0.15, -0.1) is 11.8 Å². The molecule has 114 valence electrons. The minimum atomic E-state index is -0.970. The van der Waals surface area contributed by atoms with Crippen LogP contribution in [0.15, 0.2) is 22.7 Å². The molecule has 1 aliphatic heterocycles. The molecule has 1 heterocycles. The second-order valence-electron chi connectivity index (χ2n) is 5.31. The third-order valence-corrected chi connectivity index (χ3v) is 5.37. The summed E-state index contributed by atoms with van der Waals surface area (Å²) in [4.78, 5) is 25.6. The molecule has 21 heavy (non-hydrogen) atoms. The van der Waals surface area contributed by atoms with Gasteiger partial charge in [-0.05, 0) is 24.1 Å². The smallest absolute Gasteiger partial charge is 0.327 e. The lowest BCUT2D eigenvalue weighted by Gasteiger charge is -2.29. The number of hydrogen-bond acceptors (Lipinski definition) is 4. The minimum Gasteiger partial charge on any atom is -0.480 e. The molecule has 1 aromatic rings. The van der Waals surface area contributed by atoms with Gasteiger partial charge in [-0.2, -0.15) is 0 Å². The zero-order valence-electron chi connectivity index (χ0n) is 11.7. The maximum Gasteiger partial charge on any atom is 0.327 e. The van der Waals surface area contributed by atoms with Crippen molar-refractivity contribution in [1.82, 2.24) is 4.90 Å². The molecule has 2 unspecified atom stereocenters. The predicted octanol–water partition coefficient (Wildman–Crippen LogP) is 2.66. The van der Waals surface area contributed by atoms with E-state index < -0.39 is 12.0 Å². The third-order valence-electron chi connectivity index (χ3n) is 3.29. The van der Waals surface area contributed by atoms with Gasteiger partial charge in [-0.25, -0.2) is 4.79 Å². The van der Waals surface area contributed by atoms with Crippen LogP contribution in [-0.2, 0) is 4.79 Å². The highest BCUT2D eigenvalue weighted by Crippen LogP contribution is 2.35. The number of carboxylic acid groups (broad SMARTS) is 1. The number of thioether (sulfide) groups is 1. The van der Waals surface area contributed by atoms with Crippen molar-refractivity contribution in [2.75, 3.05) is 11.5 Å². The fraction of sp³-hybridized carbons (Fsp3) is 0.429. The average Bonchev–Trinajstić information content (AvgIpc) is 2.81. The van der Waals surface area contributed by atoms with Crippen molar-refractivity contribution in [3.63, 3.8) is 0 Å². The van der Waals surface area contributed by atoms with E-state index in [0.29, 0.717) is 21.5 Å². The van der Waals surface area contributed by atoms with E-state index >= 15 is 0 Å². The summed E-state index contributed by atoms with van der Waals surface area (Å²) in [7, 11) is 0. The summed E-state index contributed by atoms with van der Waals surface area (Å²) in [5, 5.41) is 9.21. The van der Waals surface area contributed by atoms with E-state index in [9.17, 15) is 14.7 Å². The Bertz CT molecular complexity index is 559. The molecule has 1 fully saturated rings. The number of benzene rings is 1. The Balaban J connectivity index is 2.38. The maximum absolute atomic E-state index is 12.8. The first kappa shape index (κ1) is 16.2. The Kier molecular flexibility index (Phi) is 4.83. The predicted molar refractivity (Wildman–Crippen MR) is 87.2 cm³/mol. The second-order valence-corrected chi connectivity index (χ2v) is 7.37. The summed E-state index contributed by atoms with van der Waals surface area (Å²) in [6.45, 7) is 3.97. The van der Waals surface area contributed by atoms with Gasteiger partial charge in [-0.3, -0.25) is 4.79 Å². The van der Waals surface area contributed by atoms with Gasteiger partial charge in [0, 0.05) is 21.5 Å². The van der Waals surface area contributed by atoms with Crippen LogP contribution >= 0.6 is 27.7 Å². The Morgan fingerprint density at radius 3 is 2.62 bits per heavy atom. The number of rotatable bonds is 3. The summed E-state index contributed by atoms with van der Waals surface area (Å²) in [6, 6.07) is 4.14. The zero-order chi connectivity index (χ0) is 15.7. The fourth-order valence-electron chi connectivity index (χ4n) is 2.37. The lowest BCUT2D eigenvalue weighted by molar-refractivity contribution is -0.141. The number of nitrogens with zero attached hydrogens (tertiary/aromatic N) is 1. The molecule has 0 aromatic heterocycles. The molecule has 5 nitrogen and oxygen atoms in total. The number of aliphatic carboxylic acids is 1. The molecule has 0 saturated carbocycles. The molecule has 2 rings (SSSR count). The van der Waals surface area contributed by atoms with Crippen molar-refractivity contribution in [3.05, 3.63) is 28.2 Å². The van der Waals surface area contributed by atoms with Crippen LogP contribution in [0.5, 0.6) is 0 Å². The highest BCUT2D eigenvalue weighted by Gasteiger charge is 2.43. The molecule has 7 heteroatoms. The zero-order valence-corrected chi connectivity index (χ0v) is 14.1. The van der Waals surface area contributed by atoms with Crippen molar-refractivity contribution in [2.45, 2.75) is 25.3 Å². The molecule has 1 aromatic carbocycles. The van der Waals surface area contributed by atoms with Gasteiger partial charge in [0.05, 0.1) is 5.37 Å². The van der Waals surface area contributed by atoms with Crippen molar-refractivity contribution in [2.24, 2.45) is 5.92 Å². The highest BCUT2D eigenvalue weighted by atomic mass is 79.9. The summed E-state index contributed by atoms with van der Waals surface area (Å²) in [6.07, 6.45) is 0. The summed E-state index contributed by atoms with van der Waals surface area (Å²) >= 11 is 4.81. The van der Waals surface area contributed by atoms with E-state index in [1.807, 2.05) is 13.8 Å². The summed E-state index contributed by atoms with van der Waals surface area (Å²) in [5.41, 5.74) is 6.63. The van der Waals surface area contributed by atoms with E-state index in [1.54, 1.807) is 18.2 Å². The van der Waals surface area contributed by atoms with E-state index in [1.165, 1.54) is 16.7 Å². The standard InChI is InChI=1S/C14H17BrN2O3S/c1-7(2)13-17(11(6-21-13)14(19)20)12(18)8-3-9(15)5-10(16)4-8/h3-5,7,11,13H,6,16H2,1-2H3,(H,19,20). The lowest BCUT2D eigenvalue weighted by atomic mass is 10.1. The molecule has 3 N–H and O–H groups in total. The van der Waals surface area contributed by atoms with E-state index in [-0.39, 0.29) is 17.2 Å². The van der Waals surface area contributed by atoms with Crippen LogP contribution in [0.2, 0.25) is 0 Å². The number of amides is 1. The lowest BCUT2D eigenvalue weighted by Crippen LogP contribution is -2.47. The van der Waals surface area contributed by atoms with Crippen LogP contribution in [0.25, 0.3) is 0 Å². The van der Waals surface area contributed by atoms with Crippen LogP contribution in [0.3, 0.4) is 0 Å². The fourth-order valence-corrected chi connectivity index (χ4v) is 4.36. The van der Waals surface area contributed by atoms with Gasteiger partial charge < -0.3 is 15.7 Å². The SMILES string of the molecule is CC(C)C1SCC(C(=O)O)N1C(=O)c1cc(N)cc(Br)c1. The average molecular weight is 373 g/mol. The summed E-state index contributed by atoms with van der Waals surface area (Å²) < 4.78 is 0.700. The van der Waals surface area contributed by atoms with Gasteiger partial charge in [0.25, 0.3) is 5.91 Å². The molecule has 0 spiro atoms. The molecule has 1 amide bonds. The van der Waals surface area contributed by atoms with Crippen molar-refractivity contribution in [3.8, 4) is 0 Å². The quantitative estimate of drug-likeness (QED) is 0.796. The topological polar surface area (TPSA) is 83.6 Å². The molecule has 1 aliphatic rings. The summed E-state index contributed by atoms with van der Waals surface area (Å²) in [5.74, 6) is -0.679. The number of nitrogens with two attached hydrogens (primary N) is 1. The molecule has 0 aliphatic carbocycles. The van der Waals surface area contributed by atoms with Gasteiger partial charge in [0.1, 0.15) is 6.04 Å². The largest absolute Gasteiger partial charge is 0.480 e. The number of halogens is 1. The number of carboxylic acids is 1. The number of anilines is 1. The van der Waals surface area contributed by atoms with Crippen LogP contribution in [-0.4, -0.2) is 39.1 Å². The highest BCUT2D eigenvalue weighted by molar-refractivity contribution is 9.10. The molecule has 1 saturated heterocycles. The molecular weight excluding hydrogens is 356 g/mol. The van der Waals surface area contributed by atoms with E-state index in [0.717, 1.165) is 0 Å². The van der Waals surface area contributed by atoms with E-state index in [2.05, 4.69) is 15.9 Å². The van der Waals surface area contributed by atoms with Crippen LogP contribution in [0, 0.1) is 5.92 Å². The first-order valence-electron chi connectivity index (χ1n) is 6.54. The van der Waals surface area contributed by atoms with Gasteiger partial charge in [0.15, 0.2) is 0 Å². The molecule has 0 radical (unpaired) electrons. The normalized spacial score (nSPS) is 21.8. The Morgan fingerprint density at radius 2 is 2.10 bits per heavy atom. The number of nitrogen functional groups attached to an aromatic ring is 1. The van der Waals surface area contributed by atoms with Gasteiger partial charge >= 0.3 is 5.97 Å². The van der Waals surface area contributed by atoms with Crippen LogP contribution in [0.4, 0.5) is 5.69 Å². The monoisotopic (exact) mass is 372 g/mol.